The summed E-state index contributed by atoms with van der Waals surface area (Å²) >= 11 is 0. The van der Waals surface area contributed by atoms with Crippen LogP contribution in [-0.4, -0.2) is 70.3 Å². The van der Waals surface area contributed by atoms with E-state index in [1.54, 1.807) is 0 Å². The molecular formula is C24H44O8Si. The fourth-order valence-electron chi connectivity index (χ4n) is 4.73. The molecule has 0 radical (unpaired) electrons. The van der Waals surface area contributed by atoms with E-state index in [1.807, 2.05) is 6.92 Å². The van der Waals surface area contributed by atoms with Gasteiger partial charge in [-0.1, -0.05) is 27.7 Å². The lowest BCUT2D eigenvalue weighted by molar-refractivity contribution is -0.308. The highest BCUT2D eigenvalue weighted by Crippen LogP contribution is 2.39. The maximum atomic E-state index is 11.5. The van der Waals surface area contributed by atoms with Crippen LogP contribution < -0.4 is 0 Å². The van der Waals surface area contributed by atoms with Gasteiger partial charge in [0.1, 0.15) is 19.3 Å². The number of ether oxygens (including phenoxy) is 5. The molecule has 0 bridgehead atoms. The molecule has 0 aliphatic carbocycles. The molecule has 2 heterocycles. The van der Waals surface area contributed by atoms with E-state index in [-0.39, 0.29) is 67.3 Å². The first-order valence-electron chi connectivity index (χ1n) is 12.1. The van der Waals surface area contributed by atoms with Crippen LogP contribution in [0.3, 0.4) is 0 Å². The Bertz CT molecular complexity index is 665. The molecule has 0 N–H and O–H groups in total. The van der Waals surface area contributed by atoms with Crippen LogP contribution in [0.5, 0.6) is 0 Å². The Balaban J connectivity index is 2.24. The van der Waals surface area contributed by atoms with Gasteiger partial charge in [0.05, 0.1) is 24.4 Å². The number of carbonyl (C=O) groups is 2. The smallest absolute Gasteiger partial charge is 0.302 e. The maximum absolute atomic E-state index is 11.5. The fourth-order valence-corrected chi connectivity index (χ4v) is 5.95. The Labute approximate surface area is 200 Å². The Kier molecular flexibility index (Phi) is 9.94. The summed E-state index contributed by atoms with van der Waals surface area (Å²) in [6.07, 6.45) is -1.88. The first kappa shape index (κ1) is 28.2. The quantitative estimate of drug-likeness (QED) is 0.377. The van der Waals surface area contributed by atoms with Crippen LogP contribution in [0.4, 0.5) is 0 Å². The van der Waals surface area contributed by atoms with Gasteiger partial charge >= 0.3 is 11.9 Å². The van der Waals surface area contributed by atoms with E-state index in [0.29, 0.717) is 5.92 Å². The van der Waals surface area contributed by atoms with Crippen LogP contribution in [-0.2, 0) is 37.7 Å². The van der Waals surface area contributed by atoms with Crippen LogP contribution in [0.1, 0.15) is 48.5 Å². The van der Waals surface area contributed by atoms with Gasteiger partial charge in [-0.2, -0.15) is 0 Å². The van der Waals surface area contributed by atoms with E-state index in [1.165, 1.54) is 13.8 Å². The largest absolute Gasteiger partial charge is 0.463 e. The minimum absolute atomic E-state index is 0.00147. The predicted octanol–water partition coefficient (Wildman–Crippen LogP) is 3.77. The average molecular weight is 489 g/mol. The second-order valence-corrected chi connectivity index (χ2v) is 15.2. The molecule has 0 saturated carbocycles. The van der Waals surface area contributed by atoms with Crippen molar-refractivity contribution >= 4 is 20.3 Å². The SMILES string of the molecule is CC(=O)OCC1O[C@@H](O[C@@H]2C(COC(C)=O)OC(C)[C@@H](O[Si](C)(C)C)C2C)[C@@H](C)C(C)[C@@H]1C. The zero-order valence-electron chi connectivity index (χ0n) is 22.0. The third-order valence-electron chi connectivity index (χ3n) is 6.92. The highest BCUT2D eigenvalue weighted by molar-refractivity contribution is 6.69. The van der Waals surface area contributed by atoms with Crippen LogP contribution in [0.25, 0.3) is 0 Å². The summed E-state index contributed by atoms with van der Waals surface area (Å²) in [5.74, 6) is -0.0674. The van der Waals surface area contributed by atoms with Gasteiger partial charge in [0.15, 0.2) is 14.6 Å². The lowest BCUT2D eigenvalue weighted by Gasteiger charge is -2.49. The number of hydrogen-bond donors (Lipinski definition) is 0. The molecule has 0 aromatic rings. The van der Waals surface area contributed by atoms with E-state index < -0.39 is 20.7 Å². The molecule has 0 spiro atoms. The Morgan fingerprint density at radius 2 is 1.27 bits per heavy atom. The molecule has 2 saturated heterocycles. The molecule has 0 aromatic heterocycles. The molecule has 5 unspecified atom stereocenters. The Morgan fingerprint density at radius 1 is 0.727 bits per heavy atom. The van der Waals surface area contributed by atoms with Crippen molar-refractivity contribution < 1.29 is 37.7 Å². The van der Waals surface area contributed by atoms with Gasteiger partial charge in [0.25, 0.3) is 0 Å². The summed E-state index contributed by atoms with van der Waals surface area (Å²) in [5.41, 5.74) is 0. The van der Waals surface area contributed by atoms with Crippen molar-refractivity contribution in [2.75, 3.05) is 13.2 Å². The Morgan fingerprint density at radius 3 is 1.79 bits per heavy atom. The van der Waals surface area contributed by atoms with Crippen molar-refractivity contribution in [1.29, 1.82) is 0 Å². The standard InChI is InChI=1S/C24H44O8Si/c1-13-14(2)20(11-27-18(6)25)30-24(15(13)3)31-23-16(4)22(32-33(8,9)10)17(5)29-21(23)12-28-19(7)26/h13-17,20-24H,11-12H2,1-10H3/t13?,14-,15-,16?,17?,20?,21?,22-,23-,24-/m0/s1. The molecule has 192 valence electrons. The summed E-state index contributed by atoms with van der Waals surface area (Å²) in [4.78, 5) is 22.8. The van der Waals surface area contributed by atoms with E-state index in [2.05, 4.69) is 47.3 Å². The molecule has 10 atom stereocenters. The van der Waals surface area contributed by atoms with Gasteiger partial charge in [0, 0.05) is 25.7 Å². The lowest BCUT2D eigenvalue weighted by atomic mass is 9.79. The molecule has 8 nitrogen and oxygen atoms in total. The third kappa shape index (κ3) is 7.75. The summed E-state index contributed by atoms with van der Waals surface area (Å²) in [6.45, 7) is 20.0. The minimum atomic E-state index is -1.84. The summed E-state index contributed by atoms with van der Waals surface area (Å²) < 4.78 is 36.2. The van der Waals surface area contributed by atoms with Gasteiger partial charge in [-0.05, 0) is 38.4 Å². The highest BCUT2D eigenvalue weighted by Gasteiger charge is 2.48. The van der Waals surface area contributed by atoms with Gasteiger partial charge in [0.2, 0.25) is 0 Å². The monoisotopic (exact) mass is 488 g/mol. The number of esters is 2. The number of hydrogen-bond acceptors (Lipinski definition) is 8. The molecule has 2 rings (SSSR count). The highest BCUT2D eigenvalue weighted by atomic mass is 28.4. The molecular weight excluding hydrogens is 444 g/mol. The van der Waals surface area contributed by atoms with E-state index in [0.717, 1.165) is 0 Å². The van der Waals surface area contributed by atoms with Crippen molar-refractivity contribution in [3.8, 4) is 0 Å². The van der Waals surface area contributed by atoms with Gasteiger partial charge in [-0.3, -0.25) is 9.59 Å². The zero-order valence-corrected chi connectivity index (χ0v) is 23.0. The normalized spacial score (nSPS) is 39.7. The molecule has 2 aliphatic rings. The lowest BCUT2D eigenvalue weighted by Crippen LogP contribution is -2.59. The molecule has 2 fully saturated rings. The van der Waals surface area contributed by atoms with Crippen LogP contribution in [0.2, 0.25) is 19.6 Å². The first-order valence-corrected chi connectivity index (χ1v) is 15.5. The molecule has 33 heavy (non-hydrogen) atoms. The molecule has 9 heteroatoms. The van der Waals surface area contributed by atoms with Gasteiger partial charge in [-0.25, -0.2) is 0 Å². The van der Waals surface area contributed by atoms with Crippen molar-refractivity contribution in [1.82, 2.24) is 0 Å². The van der Waals surface area contributed by atoms with E-state index >= 15 is 0 Å². The predicted molar refractivity (Wildman–Crippen MR) is 126 cm³/mol. The van der Waals surface area contributed by atoms with Crippen LogP contribution in [0.15, 0.2) is 0 Å². The maximum Gasteiger partial charge on any atom is 0.302 e. The molecule has 0 amide bonds. The molecule has 2 aliphatic heterocycles. The second-order valence-electron chi connectivity index (χ2n) is 10.8. The third-order valence-corrected chi connectivity index (χ3v) is 7.90. The first-order chi connectivity index (χ1) is 15.2. The number of rotatable bonds is 8. The zero-order chi connectivity index (χ0) is 25.1. The van der Waals surface area contributed by atoms with Crippen molar-refractivity contribution in [2.24, 2.45) is 23.7 Å². The van der Waals surface area contributed by atoms with Gasteiger partial charge in [-0.15, -0.1) is 0 Å². The van der Waals surface area contributed by atoms with Crippen molar-refractivity contribution in [3.63, 3.8) is 0 Å². The van der Waals surface area contributed by atoms with Crippen molar-refractivity contribution in [2.45, 2.75) is 105 Å². The topological polar surface area (TPSA) is 89.5 Å². The molecule has 0 aromatic carbocycles. The fraction of sp³-hybridized carbons (Fsp3) is 0.917. The van der Waals surface area contributed by atoms with Crippen LogP contribution >= 0.6 is 0 Å². The summed E-state index contributed by atoms with van der Waals surface area (Å²) in [5, 5.41) is 0. The summed E-state index contributed by atoms with van der Waals surface area (Å²) in [7, 11) is -1.84. The summed E-state index contributed by atoms with van der Waals surface area (Å²) in [6, 6.07) is 0. The Hall–Kier alpha value is -1.00. The van der Waals surface area contributed by atoms with Crippen LogP contribution in [0, 0.1) is 23.7 Å². The van der Waals surface area contributed by atoms with E-state index in [9.17, 15) is 9.59 Å². The van der Waals surface area contributed by atoms with Gasteiger partial charge < -0.3 is 28.1 Å². The van der Waals surface area contributed by atoms with Crippen molar-refractivity contribution in [3.05, 3.63) is 0 Å². The number of carbonyl (C=O) groups excluding carboxylic acids is 2. The minimum Gasteiger partial charge on any atom is -0.463 e. The second kappa shape index (κ2) is 11.6. The average Bonchev–Trinajstić information content (AvgIpc) is 2.70. The van der Waals surface area contributed by atoms with E-state index in [4.69, 9.17) is 28.1 Å².